The second kappa shape index (κ2) is 30.4. The fourth-order valence-electron chi connectivity index (χ4n) is 9.02. The van der Waals surface area contributed by atoms with Crippen molar-refractivity contribution < 1.29 is 62.3 Å². The first kappa shape index (κ1) is 60.5. The topological polar surface area (TPSA) is 213 Å². The Hall–Kier alpha value is -6.77. The highest BCUT2D eigenvalue weighted by Gasteiger charge is 2.35. The summed E-state index contributed by atoms with van der Waals surface area (Å²) in [6.45, 7) is 10.2. The minimum atomic E-state index is -1.36. The Labute approximate surface area is 466 Å². The van der Waals surface area contributed by atoms with Gasteiger partial charge in [0.2, 0.25) is 0 Å². The molecule has 2 heterocycles. The molecule has 4 aromatic carbocycles. The van der Waals surface area contributed by atoms with E-state index < -0.39 is 54.6 Å². The molecule has 5 aromatic rings. The number of aliphatic hydroxyl groups excluding tert-OH is 1. The van der Waals surface area contributed by atoms with Gasteiger partial charge in [-0.3, -0.25) is 9.59 Å². The molecule has 2 amide bonds. The molecule has 0 saturated carbocycles. The van der Waals surface area contributed by atoms with E-state index in [4.69, 9.17) is 35.3 Å². The van der Waals surface area contributed by atoms with Gasteiger partial charge in [0.05, 0.1) is 54.9 Å². The summed E-state index contributed by atoms with van der Waals surface area (Å²) in [6, 6.07) is 31.7. The summed E-state index contributed by atoms with van der Waals surface area (Å²) in [5.41, 5.74) is 7.72. The molecule has 0 fully saturated rings. The van der Waals surface area contributed by atoms with E-state index in [0.717, 1.165) is 22.4 Å². The van der Waals surface area contributed by atoms with Crippen molar-refractivity contribution in [1.82, 2.24) is 15.2 Å². The number of alkyl carbamates (subject to hydrolysis) is 1. The Morgan fingerprint density at radius 2 is 1.49 bits per heavy atom. The van der Waals surface area contributed by atoms with Crippen LogP contribution in [-0.4, -0.2) is 108 Å². The normalized spacial score (nSPS) is 14.1. The van der Waals surface area contributed by atoms with Crippen LogP contribution in [-0.2, 0) is 39.8 Å². The van der Waals surface area contributed by atoms with Gasteiger partial charge >= 0.3 is 24.2 Å². The molecular formula is C58H66ClFN4O12S2. The van der Waals surface area contributed by atoms with Crippen LogP contribution in [0.2, 0.25) is 5.02 Å². The summed E-state index contributed by atoms with van der Waals surface area (Å²) in [4.78, 5) is 65.0. The van der Waals surface area contributed by atoms with Gasteiger partial charge in [0.1, 0.15) is 25.1 Å². The monoisotopic (exact) mass is 1130 g/mol. The Morgan fingerprint density at radius 3 is 2.14 bits per heavy atom. The molecule has 1 aliphatic heterocycles. The predicted octanol–water partition coefficient (Wildman–Crippen LogP) is 11.8. The Balaban J connectivity index is 1.01. The minimum Gasteiger partial charge on any atom is -0.481 e. The first-order valence-electron chi connectivity index (χ1n) is 25.6. The molecule has 1 aromatic heterocycles. The van der Waals surface area contributed by atoms with Crippen LogP contribution in [0.5, 0.6) is 0 Å². The lowest BCUT2D eigenvalue weighted by Gasteiger charge is -2.31. The van der Waals surface area contributed by atoms with Gasteiger partial charge in [-0.25, -0.2) is 18.8 Å². The molecule has 3 atom stereocenters. The Morgan fingerprint density at radius 1 is 0.833 bits per heavy atom. The standard InChI is InChI=1S/C58H66ClFN4O12S2/c1-6-73-56(69)51-47(62-38(5)37(4)49(51)45-19-13-14-20-46(45)59)35-72-28-26-61-57(70)74-29-31-77-78-32-30-75-58(71)76-44(33-43(65)34-48(66)67)25-27-64-53(36(2)3)52(55(68)63-42-17-11-8-12-18-42)50(39-15-9-7-10-16-39)54(64)40-21-23-41(60)24-22-40/h7-24,36,43-44,49,62,65H,6,25-35H2,1-5H3,(H,61,70)(H,63,68)(H,66,67)/t43-,44-,49?/m0/s1. The quantitative estimate of drug-likeness (QED) is 0.0136. The number of carboxylic acid groups (broad SMARTS) is 1. The lowest BCUT2D eigenvalue weighted by molar-refractivity contribution is -0.140. The summed E-state index contributed by atoms with van der Waals surface area (Å²) >= 11 is 6.59. The van der Waals surface area contributed by atoms with Crippen LogP contribution < -0.4 is 16.0 Å². The third-order valence-corrected chi connectivity index (χ3v) is 15.2. The number of anilines is 1. The van der Waals surface area contributed by atoms with Crippen LogP contribution in [0.15, 0.2) is 132 Å². The van der Waals surface area contributed by atoms with Crippen molar-refractivity contribution in [3.63, 3.8) is 0 Å². The number of rotatable bonds is 28. The van der Waals surface area contributed by atoms with E-state index >= 15 is 0 Å². The number of ether oxygens (including phenoxy) is 5. The van der Waals surface area contributed by atoms with Gasteiger partial charge in [-0.1, -0.05) is 114 Å². The summed E-state index contributed by atoms with van der Waals surface area (Å²) < 4.78 is 44.2. The third kappa shape index (κ3) is 17.1. The van der Waals surface area contributed by atoms with Crippen molar-refractivity contribution in [3.8, 4) is 22.4 Å². The summed E-state index contributed by atoms with van der Waals surface area (Å²) in [6.07, 6.45) is -4.78. The van der Waals surface area contributed by atoms with Crippen LogP contribution >= 0.6 is 33.2 Å². The number of aliphatic carboxylic acids is 1. The van der Waals surface area contributed by atoms with Crippen LogP contribution in [0.4, 0.5) is 19.7 Å². The van der Waals surface area contributed by atoms with Crippen molar-refractivity contribution in [2.75, 3.05) is 56.4 Å². The second-order valence-electron chi connectivity index (χ2n) is 18.4. The number of carbonyl (C=O) groups is 5. The lowest BCUT2D eigenvalue weighted by Crippen LogP contribution is -2.33. The van der Waals surface area contributed by atoms with E-state index in [2.05, 4.69) is 16.0 Å². The lowest BCUT2D eigenvalue weighted by atomic mass is 9.81. The zero-order chi connectivity index (χ0) is 56.1. The number of aromatic nitrogens is 1. The largest absolute Gasteiger partial charge is 0.508 e. The fourth-order valence-corrected chi connectivity index (χ4v) is 10.9. The van der Waals surface area contributed by atoms with Crippen molar-refractivity contribution >= 4 is 69.0 Å². The van der Waals surface area contributed by atoms with Crippen LogP contribution in [0.1, 0.15) is 87.3 Å². The van der Waals surface area contributed by atoms with E-state index in [-0.39, 0.29) is 70.8 Å². The zero-order valence-electron chi connectivity index (χ0n) is 44.2. The molecule has 0 spiro atoms. The first-order valence-corrected chi connectivity index (χ1v) is 28.4. The molecule has 1 aliphatic rings. The number of esters is 1. The number of carboxylic acids is 1. The number of hydrogen-bond donors (Lipinski definition) is 5. The minimum absolute atomic E-state index is 0.0454. The smallest absolute Gasteiger partial charge is 0.481 e. The van der Waals surface area contributed by atoms with Gasteiger partial charge in [-0.15, -0.1) is 0 Å². The number of halogens is 2. The van der Waals surface area contributed by atoms with Gasteiger partial charge in [0, 0.05) is 71.0 Å². The third-order valence-electron chi connectivity index (χ3n) is 12.5. The zero-order valence-corrected chi connectivity index (χ0v) is 46.6. The molecule has 78 heavy (non-hydrogen) atoms. The molecule has 0 aliphatic carbocycles. The van der Waals surface area contributed by atoms with Crippen molar-refractivity contribution in [2.24, 2.45) is 0 Å². The molecule has 6 rings (SSSR count). The summed E-state index contributed by atoms with van der Waals surface area (Å²) in [5, 5.41) is 29.8. The number of carbonyl (C=O) groups excluding carboxylic acids is 4. The molecule has 0 radical (unpaired) electrons. The van der Waals surface area contributed by atoms with Gasteiger partial charge in [-0.2, -0.15) is 0 Å². The first-order chi connectivity index (χ1) is 37.6. The van der Waals surface area contributed by atoms with E-state index in [9.17, 15) is 38.6 Å². The summed E-state index contributed by atoms with van der Waals surface area (Å²) in [7, 11) is 2.77. The van der Waals surface area contributed by atoms with E-state index in [1.165, 1.54) is 33.7 Å². The van der Waals surface area contributed by atoms with E-state index in [0.29, 0.717) is 61.6 Å². The van der Waals surface area contributed by atoms with Gasteiger partial charge in [0.25, 0.3) is 5.91 Å². The highest BCUT2D eigenvalue weighted by molar-refractivity contribution is 8.76. The van der Waals surface area contributed by atoms with E-state index in [1.54, 1.807) is 37.3 Å². The SMILES string of the molecule is CCOC(=O)C1=C(COCCNC(=O)OCCSSCCOC(=O)O[C@@H](CCn2c(-c3ccc(F)cc3)c(-c3ccccc3)c(C(=O)Nc3ccccc3)c2C(C)C)C[C@H](O)CC(=O)O)NC(C)=C(C)C1c1ccccc1Cl. The average Bonchev–Trinajstić information content (AvgIpc) is 3.96. The molecule has 1 unspecified atom stereocenters. The van der Waals surface area contributed by atoms with Crippen LogP contribution in [0.25, 0.3) is 22.4 Å². The Bertz CT molecular complexity index is 2900. The van der Waals surface area contributed by atoms with Crippen LogP contribution in [0.3, 0.4) is 0 Å². The fraction of sp³-hybridized carbons (Fsp3) is 0.362. The summed E-state index contributed by atoms with van der Waals surface area (Å²) in [5.74, 6) is -2.42. The molecular weight excluding hydrogens is 1060 g/mol. The second-order valence-corrected chi connectivity index (χ2v) is 21.5. The molecule has 0 bridgehead atoms. The maximum atomic E-state index is 14.5. The number of nitrogens with one attached hydrogen (secondary N) is 3. The number of hydrogen-bond acceptors (Lipinski definition) is 14. The van der Waals surface area contributed by atoms with Gasteiger partial charge < -0.3 is 54.4 Å². The number of para-hydroxylation sites is 1. The number of amides is 2. The molecule has 5 N–H and O–H groups in total. The predicted molar refractivity (Wildman–Crippen MR) is 302 cm³/mol. The number of aliphatic hydroxyl groups is 1. The number of allylic oxidation sites excluding steroid dienone is 2. The van der Waals surface area contributed by atoms with Gasteiger partial charge in [0.15, 0.2) is 0 Å². The van der Waals surface area contributed by atoms with E-state index in [1.807, 2.05) is 99.0 Å². The van der Waals surface area contributed by atoms with Gasteiger partial charge in [-0.05, 0) is 91.4 Å². The number of benzene rings is 4. The molecule has 20 heteroatoms. The van der Waals surface area contributed by atoms with Crippen molar-refractivity contribution in [3.05, 3.63) is 159 Å². The molecule has 416 valence electrons. The average molecular weight is 1130 g/mol. The Kier molecular flexibility index (Phi) is 23.6. The number of dihydropyridines is 1. The molecule has 16 nitrogen and oxygen atoms in total. The maximum Gasteiger partial charge on any atom is 0.508 e. The van der Waals surface area contributed by atoms with Crippen molar-refractivity contribution in [2.45, 2.75) is 84.5 Å². The van der Waals surface area contributed by atoms with Crippen LogP contribution in [0, 0.1) is 5.82 Å². The highest BCUT2D eigenvalue weighted by Crippen LogP contribution is 2.44. The highest BCUT2D eigenvalue weighted by atomic mass is 35.5. The maximum absolute atomic E-state index is 14.5. The molecule has 0 saturated heterocycles. The number of nitrogens with zero attached hydrogens (tertiary/aromatic N) is 1. The van der Waals surface area contributed by atoms with Crippen molar-refractivity contribution in [1.29, 1.82) is 0 Å².